The fourth-order valence-corrected chi connectivity index (χ4v) is 5.08. The van der Waals surface area contributed by atoms with Crippen molar-refractivity contribution in [3.05, 3.63) is 69.7 Å². The average Bonchev–Trinajstić information content (AvgIpc) is 3.11. The number of benzene rings is 2. The third kappa shape index (κ3) is 5.46. The normalized spacial score (nSPS) is 11.5. The molecule has 0 aliphatic heterocycles. The van der Waals surface area contributed by atoms with Crippen LogP contribution >= 0.6 is 11.3 Å². The lowest BCUT2D eigenvalue weighted by Crippen LogP contribution is -2.17. The van der Waals surface area contributed by atoms with Gasteiger partial charge in [-0.25, -0.2) is 13.4 Å². The Morgan fingerprint density at radius 1 is 1.10 bits per heavy atom. The molecular formula is C22H25N3O3S2. The molecule has 0 saturated carbocycles. The Labute approximate surface area is 181 Å². The van der Waals surface area contributed by atoms with Crippen LogP contribution in [0.25, 0.3) is 0 Å². The van der Waals surface area contributed by atoms with Crippen molar-refractivity contribution < 1.29 is 13.2 Å². The number of hydrogen-bond acceptors (Lipinski definition) is 5. The second-order valence-electron chi connectivity index (χ2n) is 7.51. The van der Waals surface area contributed by atoms with Gasteiger partial charge in [0.1, 0.15) is 0 Å². The van der Waals surface area contributed by atoms with Gasteiger partial charge in [-0.15, -0.1) is 11.3 Å². The maximum Gasteiger partial charge on any atom is 0.262 e. The number of hydrogen-bond donors (Lipinski definition) is 2. The summed E-state index contributed by atoms with van der Waals surface area (Å²) < 4.78 is 28.4. The summed E-state index contributed by atoms with van der Waals surface area (Å²) in [6.45, 7) is 7.73. The van der Waals surface area contributed by atoms with Gasteiger partial charge in [0.25, 0.3) is 10.0 Å². The molecule has 30 heavy (non-hydrogen) atoms. The minimum atomic E-state index is -3.80. The van der Waals surface area contributed by atoms with E-state index in [4.69, 9.17) is 0 Å². The summed E-state index contributed by atoms with van der Waals surface area (Å²) in [7, 11) is -3.80. The third-order valence-electron chi connectivity index (χ3n) is 4.44. The van der Waals surface area contributed by atoms with Crippen LogP contribution in [0.2, 0.25) is 0 Å². The van der Waals surface area contributed by atoms with Crippen LogP contribution in [0.3, 0.4) is 0 Å². The van der Waals surface area contributed by atoms with E-state index in [0.29, 0.717) is 28.6 Å². The summed E-state index contributed by atoms with van der Waals surface area (Å²) in [6.07, 6.45) is 0.140. The van der Waals surface area contributed by atoms with Crippen LogP contribution in [0.15, 0.2) is 52.7 Å². The molecular weight excluding hydrogens is 418 g/mol. The number of rotatable bonds is 7. The molecule has 6 nitrogen and oxygen atoms in total. The average molecular weight is 444 g/mol. The Kier molecular flexibility index (Phi) is 6.58. The van der Waals surface area contributed by atoms with Crippen LogP contribution in [0.1, 0.15) is 41.6 Å². The Balaban J connectivity index is 1.76. The van der Waals surface area contributed by atoms with E-state index in [-0.39, 0.29) is 17.2 Å². The SMILES string of the molecule is Cc1cccc(NS(=O)(=O)c2cc(NC(=O)Cc3csc(C(C)C)n3)ccc2C)c1. The molecule has 3 aromatic rings. The number of carbonyl (C=O) groups excluding carboxylic acids is 1. The predicted molar refractivity (Wildman–Crippen MR) is 122 cm³/mol. The molecule has 3 rings (SSSR count). The number of thiazole rings is 1. The van der Waals surface area contributed by atoms with Gasteiger partial charge in [-0.3, -0.25) is 9.52 Å². The van der Waals surface area contributed by atoms with Gasteiger partial charge in [0, 0.05) is 22.7 Å². The molecule has 0 unspecified atom stereocenters. The van der Waals surface area contributed by atoms with Gasteiger partial charge in [-0.2, -0.15) is 0 Å². The molecule has 0 bridgehead atoms. The summed E-state index contributed by atoms with van der Waals surface area (Å²) in [5, 5.41) is 5.65. The number of nitrogens with one attached hydrogen (secondary N) is 2. The Morgan fingerprint density at radius 3 is 2.53 bits per heavy atom. The molecule has 0 aliphatic carbocycles. The van der Waals surface area contributed by atoms with E-state index in [1.807, 2.05) is 18.4 Å². The molecule has 1 amide bonds. The first-order valence-electron chi connectivity index (χ1n) is 9.58. The molecule has 2 N–H and O–H groups in total. The van der Waals surface area contributed by atoms with Crippen LogP contribution < -0.4 is 10.0 Å². The Bertz CT molecular complexity index is 1170. The van der Waals surface area contributed by atoms with E-state index in [0.717, 1.165) is 10.6 Å². The number of carbonyl (C=O) groups is 1. The molecule has 1 aromatic heterocycles. The summed E-state index contributed by atoms with van der Waals surface area (Å²) in [5.74, 6) is 0.0760. The van der Waals surface area contributed by atoms with Crippen LogP contribution in [-0.2, 0) is 21.2 Å². The number of sulfonamides is 1. The molecule has 0 saturated heterocycles. The van der Waals surface area contributed by atoms with Gasteiger partial charge in [-0.1, -0.05) is 32.0 Å². The number of amides is 1. The maximum atomic E-state index is 12.9. The fourth-order valence-electron chi connectivity index (χ4n) is 2.92. The van der Waals surface area contributed by atoms with E-state index in [1.165, 1.54) is 17.4 Å². The van der Waals surface area contributed by atoms with E-state index in [1.54, 1.807) is 37.3 Å². The zero-order valence-electron chi connectivity index (χ0n) is 17.4. The number of aryl methyl sites for hydroxylation is 2. The maximum absolute atomic E-state index is 12.9. The summed E-state index contributed by atoms with van der Waals surface area (Å²) in [6, 6.07) is 12.0. The minimum absolute atomic E-state index is 0.123. The first-order valence-corrected chi connectivity index (χ1v) is 11.9. The van der Waals surface area contributed by atoms with Crippen LogP contribution in [0.4, 0.5) is 11.4 Å². The van der Waals surface area contributed by atoms with Crippen LogP contribution in [0, 0.1) is 13.8 Å². The standard InChI is InChI=1S/C22H25N3O3S2/c1-14(2)22-24-19(13-29-22)12-21(26)23-17-9-8-16(4)20(11-17)30(27,28)25-18-7-5-6-15(3)10-18/h5-11,13-14,25H,12H2,1-4H3,(H,23,26). The smallest absolute Gasteiger partial charge is 0.262 e. The van der Waals surface area contributed by atoms with Crippen molar-refractivity contribution in [3.8, 4) is 0 Å². The lowest BCUT2D eigenvalue weighted by Gasteiger charge is -2.13. The van der Waals surface area contributed by atoms with Gasteiger partial charge in [-0.05, 0) is 49.2 Å². The molecule has 0 fully saturated rings. The van der Waals surface area contributed by atoms with Crippen molar-refractivity contribution >= 4 is 38.6 Å². The zero-order valence-corrected chi connectivity index (χ0v) is 19.0. The summed E-state index contributed by atoms with van der Waals surface area (Å²) >= 11 is 1.54. The molecule has 0 radical (unpaired) electrons. The lowest BCUT2D eigenvalue weighted by molar-refractivity contribution is -0.115. The molecule has 158 valence electrons. The van der Waals surface area contributed by atoms with Gasteiger partial charge in [0.05, 0.1) is 22.0 Å². The van der Waals surface area contributed by atoms with Gasteiger partial charge in [0.15, 0.2) is 0 Å². The quantitative estimate of drug-likeness (QED) is 0.545. The zero-order chi connectivity index (χ0) is 21.9. The molecule has 8 heteroatoms. The van der Waals surface area contributed by atoms with E-state index >= 15 is 0 Å². The fraction of sp³-hybridized carbons (Fsp3) is 0.273. The molecule has 0 atom stereocenters. The Hall–Kier alpha value is -2.71. The van der Waals surface area contributed by atoms with Crippen molar-refractivity contribution in [2.45, 2.75) is 44.9 Å². The monoisotopic (exact) mass is 443 g/mol. The van der Waals surface area contributed by atoms with E-state index in [9.17, 15) is 13.2 Å². The highest BCUT2D eigenvalue weighted by Crippen LogP contribution is 2.24. The second-order valence-corrected chi connectivity index (χ2v) is 10.1. The van der Waals surface area contributed by atoms with E-state index < -0.39 is 10.0 Å². The predicted octanol–water partition coefficient (Wildman–Crippen LogP) is 4.87. The minimum Gasteiger partial charge on any atom is -0.326 e. The summed E-state index contributed by atoms with van der Waals surface area (Å²) in [5.41, 5.74) is 3.18. The molecule has 0 spiro atoms. The van der Waals surface area contributed by atoms with Gasteiger partial charge in [0.2, 0.25) is 5.91 Å². The van der Waals surface area contributed by atoms with Crippen LogP contribution in [-0.4, -0.2) is 19.3 Å². The number of anilines is 2. The third-order valence-corrected chi connectivity index (χ3v) is 7.15. The van der Waals surface area contributed by atoms with Crippen molar-refractivity contribution in [2.24, 2.45) is 0 Å². The number of aromatic nitrogens is 1. The molecule has 2 aromatic carbocycles. The summed E-state index contributed by atoms with van der Waals surface area (Å²) in [4.78, 5) is 17.0. The highest BCUT2D eigenvalue weighted by Gasteiger charge is 2.19. The molecule has 1 heterocycles. The highest BCUT2D eigenvalue weighted by atomic mass is 32.2. The molecule has 0 aliphatic rings. The first kappa shape index (κ1) is 22.0. The van der Waals surface area contributed by atoms with Crippen LogP contribution in [0.5, 0.6) is 0 Å². The van der Waals surface area contributed by atoms with Gasteiger partial charge < -0.3 is 5.32 Å². The first-order chi connectivity index (χ1) is 14.1. The lowest BCUT2D eigenvalue weighted by atomic mass is 10.2. The topological polar surface area (TPSA) is 88.2 Å². The van der Waals surface area contributed by atoms with Gasteiger partial charge >= 0.3 is 0 Å². The van der Waals surface area contributed by atoms with Crippen molar-refractivity contribution in [1.82, 2.24) is 4.98 Å². The van der Waals surface area contributed by atoms with Crippen molar-refractivity contribution in [1.29, 1.82) is 0 Å². The van der Waals surface area contributed by atoms with E-state index in [2.05, 4.69) is 28.9 Å². The van der Waals surface area contributed by atoms with Crippen molar-refractivity contribution in [2.75, 3.05) is 10.0 Å². The Morgan fingerprint density at radius 2 is 1.87 bits per heavy atom. The number of nitrogens with zero attached hydrogens (tertiary/aromatic N) is 1. The van der Waals surface area contributed by atoms with Crippen molar-refractivity contribution in [3.63, 3.8) is 0 Å². The highest BCUT2D eigenvalue weighted by molar-refractivity contribution is 7.92. The second kappa shape index (κ2) is 8.97. The largest absolute Gasteiger partial charge is 0.326 e.